The highest BCUT2D eigenvalue weighted by Crippen LogP contribution is 2.15. The molecule has 2 amide bonds. The third-order valence-corrected chi connectivity index (χ3v) is 3.55. The number of aromatic amines is 1. The minimum Gasteiger partial charge on any atom is -0.346 e. The quantitative estimate of drug-likeness (QED) is 0.692. The predicted octanol–water partition coefficient (Wildman–Crippen LogP) is 3.22. The molecule has 0 fully saturated rings. The van der Waals surface area contributed by atoms with Crippen molar-refractivity contribution in [1.82, 2.24) is 20.6 Å². The number of amides is 2. The number of hydrogen-bond acceptors (Lipinski definition) is 2. The molecule has 0 atom stereocenters. The summed E-state index contributed by atoms with van der Waals surface area (Å²) in [5, 5.41) is 7.30. The van der Waals surface area contributed by atoms with Gasteiger partial charge in [0.25, 0.3) is 0 Å². The highest BCUT2D eigenvalue weighted by atomic mass is 35.5. The SMILES string of the molecule is O=C(NCc1cccc(Cl)c1)NCc1c[nH]c2ncccc12. The number of halogens is 1. The Bertz CT molecular complexity index is 799. The Labute approximate surface area is 132 Å². The molecule has 3 rings (SSSR count). The largest absolute Gasteiger partial charge is 0.346 e. The van der Waals surface area contributed by atoms with Gasteiger partial charge in [0.05, 0.1) is 0 Å². The molecule has 0 aliphatic heterocycles. The van der Waals surface area contributed by atoms with E-state index in [4.69, 9.17) is 11.6 Å². The van der Waals surface area contributed by atoms with Crippen LogP contribution in [0.15, 0.2) is 48.8 Å². The zero-order chi connectivity index (χ0) is 15.4. The number of urea groups is 1. The zero-order valence-corrected chi connectivity index (χ0v) is 12.5. The van der Waals surface area contributed by atoms with E-state index in [1.54, 1.807) is 12.3 Å². The molecule has 1 aromatic carbocycles. The smallest absolute Gasteiger partial charge is 0.315 e. The molecule has 0 radical (unpaired) electrons. The minimum atomic E-state index is -0.224. The normalized spacial score (nSPS) is 10.6. The van der Waals surface area contributed by atoms with Crippen LogP contribution in [-0.4, -0.2) is 16.0 Å². The summed E-state index contributed by atoms with van der Waals surface area (Å²) in [7, 11) is 0. The van der Waals surface area contributed by atoms with E-state index in [1.165, 1.54) is 0 Å². The average molecular weight is 315 g/mol. The molecular weight excluding hydrogens is 300 g/mol. The molecule has 3 aromatic rings. The van der Waals surface area contributed by atoms with Gasteiger partial charge in [0, 0.05) is 35.9 Å². The second-order valence-electron chi connectivity index (χ2n) is 4.88. The van der Waals surface area contributed by atoms with E-state index in [2.05, 4.69) is 20.6 Å². The first-order valence-electron chi connectivity index (χ1n) is 6.89. The molecular formula is C16H15ClN4O. The van der Waals surface area contributed by atoms with E-state index in [-0.39, 0.29) is 6.03 Å². The maximum absolute atomic E-state index is 11.9. The minimum absolute atomic E-state index is 0.224. The molecule has 0 saturated heterocycles. The summed E-state index contributed by atoms with van der Waals surface area (Å²) in [6, 6.07) is 11.0. The van der Waals surface area contributed by atoms with Crippen LogP contribution in [0.1, 0.15) is 11.1 Å². The van der Waals surface area contributed by atoms with Gasteiger partial charge in [-0.15, -0.1) is 0 Å². The van der Waals surface area contributed by atoms with E-state index < -0.39 is 0 Å². The number of fused-ring (bicyclic) bond motifs is 1. The van der Waals surface area contributed by atoms with Gasteiger partial charge in [-0.1, -0.05) is 23.7 Å². The molecule has 0 spiro atoms. The third-order valence-electron chi connectivity index (χ3n) is 3.32. The lowest BCUT2D eigenvalue weighted by Gasteiger charge is -2.07. The summed E-state index contributed by atoms with van der Waals surface area (Å²) in [5.74, 6) is 0. The van der Waals surface area contributed by atoms with Crippen molar-refractivity contribution in [2.45, 2.75) is 13.1 Å². The standard InChI is InChI=1S/C16H15ClN4O/c17-13-4-1-3-11(7-13)8-20-16(22)21-10-12-9-19-15-14(12)5-2-6-18-15/h1-7,9H,8,10H2,(H,18,19)(H2,20,21,22). The summed E-state index contributed by atoms with van der Waals surface area (Å²) in [5.41, 5.74) is 2.78. The van der Waals surface area contributed by atoms with Gasteiger partial charge in [-0.05, 0) is 35.4 Å². The molecule has 5 nitrogen and oxygen atoms in total. The summed E-state index contributed by atoms with van der Waals surface area (Å²) in [6.45, 7) is 0.870. The number of pyridine rings is 1. The first-order valence-corrected chi connectivity index (χ1v) is 7.27. The van der Waals surface area contributed by atoms with Gasteiger partial charge in [-0.3, -0.25) is 0 Å². The number of carbonyl (C=O) groups excluding carboxylic acids is 1. The summed E-state index contributed by atoms with van der Waals surface area (Å²) < 4.78 is 0. The van der Waals surface area contributed by atoms with Crippen molar-refractivity contribution in [3.63, 3.8) is 0 Å². The van der Waals surface area contributed by atoms with Crippen LogP contribution in [0.3, 0.4) is 0 Å². The fourth-order valence-electron chi connectivity index (χ4n) is 2.23. The number of nitrogens with zero attached hydrogens (tertiary/aromatic N) is 1. The number of hydrogen-bond donors (Lipinski definition) is 3. The second kappa shape index (κ2) is 6.49. The second-order valence-corrected chi connectivity index (χ2v) is 5.32. The van der Waals surface area contributed by atoms with Crippen LogP contribution in [0.5, 0.6) is 0 Å². The van der Waals surface area contributed by atoms with Crippen molar-refractivity contribution < 1.29 is 4.79 Å². The Morgan fingerprint density at radius 3 is 2.91 bits per heavy atom. The van der Waals surface area contributed by atoms with Crippen LogP contribution in [0.4, 0.5) is 4.79 Å². The molecule has 2 aromatic heterocycles. The average Bonchev–Trinajstić information content (AvgIpc) is 2.94. The van der Waals surface area contributed by atoms with Crippen LogP contribution in [0, 0.1) is 0 Å². The fraction of sp³-hybridized carbons (Fsp3) is 0.125. The van der Waals surface area contributed by atoms with E-state index in [9.17, 15) is 4.79 Å². The number of carbonyl (C=O) groups is 1. The molecule has 0 aliphatic carbocycles. The first-order chi connectivity index (χ1) is 10.7. The molecule has 112 valence electrons. The number of nitrogens with one attached hydrogen (secondary N) is 3. The van der Waals surface area contributed by atoms with Crippen LogP contribution >= 0.6 is 11.6 Å². The van der Waals surface area contributed by atoms with Crippen LogP contribution in [0.25, 0.3) is 11.0 Å². The predicted molar refractivity (Wildman–Crippen MR) is 86.6 cm³/mol. The lowest BCUT2D eigenvalue weighted by Crippen LogP contribution is -2.34. The van der Waals surface area contributed by atoms with Crippen LogP contribution < -0.4 is 10.6 Å². The van der Waals surface area contributed by atoms with Crippen molar-refractivity contribution in [3.8, 4) is 0 Å². The molecule has 0 aliphatic rings. The van der Waals surface area contributed by atoms with Gasteiger partial charge in [0.2, 0.25) is 0 Å². The lowest BCUT2D eigenvalue weighted by atomic mass is 10.2. The Hall–Kier alpha value is -2.53. The molecule has 0 saturated carbocycles. The van der Waals surface area contributed by atoms with Crippen molar-refractivity contribution in [1.29, 1.82) is 0 Å². The first kappa shape index (κ1) is 14.4. The van der Waals surface area contributed by atoms with Gasteiger partial charge < -0.3 is 15.6 Å². The van der Waals surface area contributed by atoms with E-state index in [0.29, 0.717) is 18.1 Å². The van der Waals surface area contributed by atoms with Gasteiger partial charge in [-0.2, -0.15) is 0 Å². The van der Waals surface area contributed by atoms with Crippen molar-refractivity contribution in [2.24, 2.45) is 0 Å². The Morgan fingerprint density at radius 2 is 2.05 bits per heavy atom. The molecule has 0 unspecified atom stereocenters. The highest BCUT2D eigenvalue weighted by molar-refractivity contribution is 6.30. The highest BCUT2D eigenvalue weighted by Gasteiger charge is 2.06. The number of rotatable bonds is 4. The number of aromatic nitrogens is 2. The van der Waals surface area contributed by atoms with E-state index in [0.717, 1.165) is 22.2 Å². The molecule has 3 N–H and O–H groups in total. The molecule has 6 heteroatoms. The molecule has 2 heterocycles. The van der Waals surface area contributed by atoms with Gasteiger partial charge in [0.1, 0.15) is 5.65 Å². The maximum atomic E-state index is 11.9. The molecule has 22 heavy (non-hydrogen) atoms. The third kappa shape index (κ3) is 3.38. The van der Waals surface area contributed by atoms with Crippen molar-refractivity contribution in [2.75, 3.05) is 0 Å². The maximum Gasteiger partial charge on any atom is 0.315 e. The van der Waals surface area contributed by atoms with Crippen molar-refractivity contribution >= 4 is 28.7 Å². The van der Waals surface area contributed by atoms with Crippen LogP contribution in [-0.2, 0) is 13.1 Å². The Morgan fingerprint density at radius 1 is 1.18 bits per heavy atom. The van der Waals surface area contributed by atoms with Gasteiger partial charge in [0.15, 0.2) is 0 Å². The monoisotopic (exact) mass is 314 g/mol. The van der Waals surface area contributed by atoms with E-state index in [1.807, 2.05) is 36.5 Å². The summed E-state index contributed by atoms with van der Waals surface area (Å²) in [6.07, 6.45) is 3.59. The Balaban J connectivity index is 1.54. The number of benzene rings is 1. The summed E-state index contributed by atoms with van der Waals surface area (Å²) in [4.78, 5) is 19.1. The number of H-pyrrole nitrogens is 1. The van der Waals surface area contributed by atoms with Crippen LogP contribution in [0.2, 0.25) is 5.02 Å². The van der Waals surface area contributed by atoms with Crippen molar-refractivity contribution in [3.05, 3.63) is 64.9 Å². The Kier molecular flexibility index (Phi) is 4.25. The fourth-order valence-corrected chi connectivity index (χ4v) is 2.44. The van der Waals surface area contributed by atoms with E-state index >= 15 is 0 Å². The van der Waals surface area contributed by atoms with Gasteiger partial charge in [-0.25, -0.2) is 9.78 Å². The molecule has 0 bridgehead atoms. The zero-order valence-electron chi connectivity index (χ0n) is 11.8. The topological polar surface area (TPSA) is 69.8 Å². The van der Waals surface area contributed by atoms with Gasteiger partial charge >= 0.3 is 6.03 Å². The lowest BCUT2D eigenvalue weighted by molar-refractivity contribution is 0.240. The summed E-state index contributed by atoms with van der Waals surface area (Å²) >= 11 is 5.91.